The third-order valence-corrected chi connectivity index (χ3v) is 5.60. The first kappa shape index (κ1) is 18.9. The zero-order valence-electron chi connectivity index (χ0n) is 17.4. The van der Waals surface area contributed by atoms with Crippen LogP contribution in [0.1, 0.15) is 5.69 Å². The SMILES string of the molecule is Cc1c(-c2nc(-c3ccccc3)c(-c3ccccc3)[nH]2)c(=O)n(-c2ccccc2)n1C. The Hall–Kier alpha value is -4.12. The molecule has 0 fully saturated rings. The summed E-state index contributed by atoms with van der Waals surface area (Å²) in [5.74, 6) is 0.575. The molecule has 3 aromatic carbocycles. The Bertz CT molecular complexity index is 1340. The zero-order valence-corrected chi connectivity index (χ0v) is 17.4. The van der Waals surface area contributed by atoms with Crippen molar-refractivity contribution in [3.63, 3.8) is 0 Å². The van der Waals surface area contributed by atoms with E-state index >= 15 is 0 Å². The summed E-state index contributed by atoms with van der Waals surface area (Å²) in [6, 6.07) is 29.8. The largest absolute Gasteiger partial charge is 0.337 e. The molecular weight excluding hydrogens is 384 g/mol. The second kappa shape index (κ2) is 7.61. The van der Waals surface area contributed by atoms with Crippen molar-refractivity contribution in [2.45, 2.75) is 6.92 Å². The van der Waals surface area contributed by atoms with Gasteiger partial charge in [0.15, 0.2) is 0 Å². The van der Waals surface area contributed by atoms with Gasteiger partial charge in [-0.05, 0) is 19.1 Å². The van der Waals surface area contributed by atoms with Gasteiger partial charge in [-0.25, -0.2) is 9.67 Å². The predicted molar refractivity (Wildman–Crippen MR) is 124 cm³/mol. The van der Waals surface area contributed by atoms with Crippen LogP contribution in [-0.2, 0) is 7.05 Å². The first-order chi connectivity index (χ1) is 15.1. The fraction of sp³-hybridized carbons (Fsp3) is 0.0769. The molecule has 0 aliphatic carbocycles. The molecule has 0 saturated heterocycles. The molecule has 0 unspecified atom stereocenters. The minimum absolute atomic E-state index is 0.0980. The third-order valence-electron chi connectivity index (χ3n) is 5.60. The van der Waals surface area contributed by atoms with E-state index < -0.39 is 0 Å². The smallest absolute Gasteiger partial charge is 0.282 e. The van der Waals surface area contributed by atoms with E-state index in [4.69, 9.17) is 4.98 Å². The highest BCUT2D eigenvalue weighted by Crippen LogP contribution is 2.33. The molecule has 0 bridgehead atoms. The number of nitrogens with one attached hydrogen (secondary N) is 1. The van der Waals surface area contributed by atoms with Gasteiger partial charge in [0.1, 0.15) is 11.4 Å². The Balaban J connectivity index is 1.75. The van der Waals surface area contributed by atoms with Gasteiger partial charge in [0.25, 0.3) is 5.56 Å². The number of aromatic nitrogens is 4. The van der Waals surface area contributed by atoms with Gasteiger partial charge in [-0.2, -0.15) is 0 Å². The summed E-state index contributed by atoms with van der Waals surface area (Å²) >= 11 is 0. The van der Waals surface area contributed by atoms with Crippen LogP contribution >= 0.6 is 0 Å². The zero-order chi connectivity index (χ0) is 21.4. The lowest BCUT2D eigenvalue weighted by Crippen LogP contribution is -2.20. The first-order valence-electron chi connectivity index (χ1n) is 10.2. The second-order valence-electron chi connectivity index (χ2n) is 7.48. The van der Waals surface area contributed by atoms with Gasteiger partial charge in [-0.3, -0.25) is 9.48 Å². The van der Waals surface area contributed by atoms with Gasteiger partial charge in [0, 0.05) is 23.9 Å². The molecule has 1 N–H and O–H groups in total. The number of rotatable bonds is 4. The second-order valence-corrected chi connectivity index (χ2v) is 7.48. The van der Waals surface area contributed by atoms with E-state index in [9.17, 15) is 4.79 Å². The number of hydrogen-bond acceptors (Lipinski definition) is 2. The fourth-order valence-electron chi connectivity index (χ4n) is 3.95. The molecule has 5 rings (SSSR count). The summed E-state index contributed by atoms with van der Waals surface area (Å²) in [6.45, 7) is 1.95. The fourth-order valence-corrected chi connectivity index (χ4v) is 3.95. The van der Waals surface area contributed by atoms with Gasteiger partial charge in [-0.15, -0.1) is 0 Å². The van der Waals surface area contributed by atoms with Crippen molar-refractivity contribution in [2.24, 2.45) is 7.05 Å². The summed E-state index contributed by atoms with van der Waals surface area (Å²) in [5, 5.41) is 0. The monoisotopic (exact) mass is 406 g/mol. The van der Waals surface area contributed by atoms with Crippen LogP contribution in [0.5, 0.6) is 0 Å². The molecular formula is C26H22N4O. The van der Waals surface area contributed by atoms with Crippen molar-refractivity contribution in [2.75, 3.05) is 0 Å². The van der Waals surface area contributed by atoms with Gasteiger partial charge in [-0.1, -0.05) is 78.9 Å². The van der Waals surface area contributed by atoms with Crippen molar-refractivity contribution in [3.8, 4) is 39.6 Å². The number of aromatic amines is 1. The maximum absolute atomic E-state index is 13.5. The van der Waals surface area contributed by atoms with Gasteiger partial charge >= 0.3 is 0 Å². The summed E-state index contributed by atoms with van der Waals surface area (Å²) in [6.07, 6.45) is 0. The number of para-hydroxylation sites is 1. The van der Waals surface area contributed by atoms with E-state index in [0.29, 0.717) is 11.4 Å². The molecule has 0 aliphatic rings. The lowest BCUT2D eigenvalue weighted by Gasteiger charge is -2.07. The molecule has 31 heavy (non-hydrogen) atoms. The Morgan fingerprint density at radius 2 is 1.32 bits per heavy atom. The molecule has 0 aliphatic heterocycles. The van der Waals surface area contributed by atoms with Crippen LogP contribution in [0.4, 0.5) is 0 Å². The third kappa shape index (κ3) is 3.20. The number of nitrogens with zero attached hydrogens (tertiary/aromatic N) is 3. The van der Waals surface area contributed by atoms with Crippen molar-refractivity contribution >= 4 is 0 Å². The Kier molecular flexibility index (Phi) is 4.64. The van der Waals surface area contributed by atoms with E-state index in [2.05, 4.69) is 4.98 Å². The van der Waals surface area contributed by atoms with E-state index in [0.717, 1.165) is 33.9 Å². The quantitative estimate of drug-likeness (QED) is 0.445. The van der Waals surface area contributed by atoms with Crippen molar-refractivity contribution in [3.05, 3.63) is 107 Å². The van der Waals surface area contributed by atoms with E-state index in [1.165, 1.54) is 0 Å². The molecule has 0 amide bonds. The Labute approximate surface area is 180 Å². The van der Waals surface area contributed by atoms with Crippen LogP contribution < -0.4 is 5.56 Å². The molecule has 0 atom stereocenters. The lowest BCUT2D eigenvalue weighted by atomic mass is 10.1. The van der Waals surface area contributed by atoms with E-state index in [1.807, 2.05) is 110 Å². The summed E-state index contributed by atoms with van der Waals surface area (Å²) < 4.78 is 3.55. The number of benzene rings is 3. The van der Waals surface area contributed by atoms with Gasteiger partial charge in [0.05, 0.1) is 17.1 Å². The lowest BCUT2D eigenvalue weighted by molar-refractivity contribution is 0.630. The highest BCUT2D eigenvalue weighted by atomic mass is 16.1. The topological polar surface area (TPSA) is 55.6 Å². The Morgan fingerprint density at radius 3 is 1.94 bits per heavy atom. The minimum atomic E-state index is -0.0980. The van der Waals surface area contributed by atoms with Gasteiger partial charge in [0.2, 0.25) is 0 Å². The number of H-pyrrole nitrogens is 1. The average Bonchev–Trinajstić information content (AvgIpc) is 3.34. The number of imidazole rings is 1. The molecule has 152 valence electrons. The molecule has 2 aromatic heterocycles. The standard InChI is InChI=1S/C26H22N4O/c1-18-22(26(31)30(29(18)2)21-16-10-5-11-17-21)25-27-23(19-12-6-3-7-13-19)24(28-25)20-14-8-4-9-15-20/h3-17H,1-2H3,(H,27,28). The molecule has 0 saturated carbocycles. The summed E-state index contributed by atoms with van der Waals surface area (Å²) in [4.78, 5) is 21.9. The normalized spacial score (nSPS) is 11.0. The molecule has 5 aromatic rings. The summed E-state index contributed by atoms with van der Waals surface area (Å²) in [5.41, 5.74) is 5.90. The predicted octanol–water partition coefficient (Wildman–Crippen LogP) is 5.21. The molecule has 2 heterocycles. The maximum atomic E-state index is 13.5. The van der Waals surface area contributed by atoms with Crippen LogP contribution in [0.15, 0.2) is 95.8 Å². The summed E-state index contributed by atoms with van der Waals surface area (Å²) in [7, 11) is 1.90. The van der Waals surface area contributed by atoms with Crippen LogP contribution in [0.3, 0.4) is 0 Å². The average molecular weight is 406 g/mol. The molecule has 0 spiro atoms. The van der Waals surface area contributed by atoms with Crippen molar-refractivity contribution < 1.29 is 0 Å². The highest BCUT2D eigenvalue weighted by molar-refractivity contribution is 5.81. The van der Waals surface area contributed by atoms with Crippen LogP contribution in [0.25, 0.3) is 39.6 Å². The van der Waals surface area contributed by atoms with Crippen molar-refractivity contribution in [1.82, 2.24) is 19.3 Å². The highest BCUT2D eigenvalue weighted by Gasteiger charge is 2.23. The maximum Gasteiger partial charge on any atom is 0.282 e. The first-order valence-corrected chi connectivity index (χ1v) is 10.2. The van der Waals surface area contributed by atoms with Crippen molar-refractivity contribution in [1.29, 1.82) is 0 Å². The van der Waals surface area contributed by atoms with Crippen LogP contribution in [0.2, 0.25) is 0 Å². The minimum Gasteiger partial charge on any atom is -0.337 e. The Morgan fingerprint density at radius 1 is 0.774 bits per heavy atom. The number of hydrogen-bond donors (Lipinski definition) is 1. The van der Waals surface area contributed by atoms with E-state index in [1.54, 1.807) is 4.68 Å². The van der Waals surface area contributed by atoms with Gasteiger partial charge < -0.3 is 4.98 Å². The van der Waals surface area contributed by atoms with Crippen LogP contribution in [-0.4, -0.2) is 19.3 Å². The molecule has 5 heteroatoms. The van der Waals surface area contributed by atoms with E-state index in [-0.39, 0.29) is 5.56 Å². The molecule has 0 radical (unpaired) electrons. The van der Waals surface area contributed by atoms with Crippen LogP contribution in [0, 0.1) is 6.92 Å². The molecule has 5 nitrogen and oxygen atoms in total.